The quantitative estimate of drug-likeness (QED) is 0.144. The average molecular weight is 783 g/mol. The topological polar surface area (TPSA) is 44.2 Å². The van der Waals surface area contributed by atoms with Crippen molar-refractivity contribution in [2.75, 3.05) is 0 Å². The SMILES string of the molecule is C=CC(=C)c1cccc(-c2nc(-c3ccccc3)cc(-c3cccc(-c4cccc5c4Oc4c(ccc6c4-c4ccccc4C6(c4ccccc4)c4ccccc4)O5)c3)n2)c1. The Bertz CT molecular complexity index is 3130. The lowest BCUT2D eigenvalue weighted by molar-refractivity contribution is 0.361. The van der Waals surface area contributed by atoms with Gasteiger partial charge in [-0.1, -0.05) is 189 Å². The number of allylic oxidation sites excluding steroid dienone is 2. The number of ether oxygens (including phenoxy) is 2. The molecule has 0 atom stereocenters. The minimum atomic E-state index is -0.559. The van der Waals surface area contributed by atoms with Gasteiger partial charge in [-0.15, -0.1) is 0 Å². The number of nitrogens with zero attached hydrogens (tertiary/aromatic N) is 2. The van der Waals surface area contributed by atoms with E-state index in [1.54, 1.807) is 6.08 Å². The summed E-state index contributed by atoms with van der Waals surface area (Å²) in [7, 11) is 0. The molecule has 8 aromatic carbocycles. The van der Waals surface area contributed by atoms with Crippen LogP contribution < -0.4 is 9.47 Å². The van der Waals surface area contributed by atoms with Gasteiger partial charge in [0.2, 0.25) is 0 Å². The number of hydrogen-bond acceptors (Lipinski definition) is 4. The van der Waals surface area contributed by atoms with Crippen molar-refractivity contribution in [2.24, 2.45) is 0 Å². The largest absolute Gasteiger partial charge is 0.449 e. The van der Waals surface area contributed by atoms with Crippen molar-refractivity contribution in [3.63, 3.8) is 0 Å². The molecule has 2 heterocycles. The summed E-state index contributed by atoms with van der Waals surface area (Å²) in [6.07, 6.45) is 1.77. The molecule has 1 aliphatic heterocycles. The van der Waals surface area contributed by atoms with Crippen LogP contribution in [0, 0.1) is 0 Å². The zero-order chi connectivity index (χ0) is 40.9. The van der Waals surface area contributed by atoms with Crippen LogP contribution in [-0.4, -0.2) is 9.97 Å². The molecule has 0 spiro atoms. The second-order valence-corrected chi connectivity index (χ2v) is 15.4. The number of para-hydroxylation sites is 1. The maximum absolute atomic E-state index is 7.20. The van der Waals surface area contributed by atoms with Crippen LogP contribution in [-0.2, 0) is 5.41 Å². The van der Waals surface area contributed by atoms with E-state index in [1.807, 2.05) is 48.5 Å². The molecule has 0 unspecified atom stereocenters. The summed E-state index contributed by atoms with van der Waals surface area (Å²) in [6, 6.07) is 69.6. The van der Waals surface area contributed by atoms with Gasteiger partial charge in [0, 0.05) is 27.8 Å². The molecule has 11 rings (SSSR count). The van der Waals surface area contributed by atoms with E-state index >= 15 is 0 Å². The molecule has 0 fully saturated rings. The molecule has 0 saturated carbocycles. The van der Waals surface area contributed by atoms with Crippen LogP contribution >= 0.6 is 0 Å². The second-order valence-electron chi connectivity index (χ2n) is 15.4. The highest BCUT2D eigenvalue weighted by Crippen LogP contribution is 2.62. The molecule has 4 heteroatoms. The molecule has 0 N–H and O–H groups in total. The van der Waals surface area contributed by atoms with Crippen molar-refractivity contribution in [1.29, 1.82) is 0 Å². The first-order chi connectivity index (χ1) is 30.1. The predicted molar refractivity (Wildman–Crippen MR) is 247 cm³/mol. The smallest absolute Gasteiger partial charge is 0.178 e. The number of rotatable bonds is 8. The van der Waals surface area contributed by atoms with Crippen molar-refractivity contribution in [3.05, 3.63) is 247 Å². The minimum absolute atomic E-state index is 0.559. The van der Waals surface area contributed by atoms with Crippen LogP contribution in [0.25, 0.3) is 61.7 Å². The monoisotopic (exact) mass is 782 g/mol. The Morgan fingerprint density at radius 1 is 0.459 bits per heavy atom. The van der Waals surface area contributed by atoms with Gasteiger partial charge in [0.1, 0.15) is 0 Å². The summed E-state index contributed by atoms with van der Waals surface area (Å²) in [5.74, 6) is 3.36. The van der Waals surface area contributed by atoms with Crippen LogP contribution in [0.3, 0.4) is 0 Å². The van der Waals surface area contributed by atoms with Crippen LogP contribution in [0.5, 0.6) is 23.0 Å². The Morgan fingerprint density at radius 2 is 1.05 bits per heavy atom. The normalized spacial score (nSPS) is 12.8. The zero-order valence-corrected chi connectivity index (χ0v) is 33.3. The summed E-state index contributed by atoms with van der Waals surface area (Å²) in [4.78, 5) is 10.3. The van der Waals surface area contributed by atoms with Gasteiger partial charge in [0.05, 0.1) is 16.8 Å². The van der Waals surface area contributed by atoms with E-state index in [1.165, 1.54) is 16.7 Å². The Hall–Kier alpha value is -8.08. The highest BCUT2D eigenvalue weighted by atomic mass is 16.6. The first kappa shape index (κ1) is 36.0. The Balaban J connectivity index is 1.04. The van der Waals surface area contributed by atoms with E-state index in [2.05, 4.69) is 165 Å². The van der Waals surface area contributed by atoms with Gasteiger partial charge in [-0.3, -0.25) is 0 Å². The van der Waals surface area contributed by atoms with E-state index in [0.29, 0.717) is 28.8 Å². The van der Waals surface area contributed by atoms with Gasteiger partial charge in [-0.25, -0.2) is 9.97 Å². The Kier molecular flexibility index (Phi) is 8.64. The molecule has 1 aliphatic carbocycles. The highest BCUT2D eigenvalue weighted by Gasteiger charge is 2.48. The third kappa shape index (κ3) is 5.91. The van der Waals surface area contributed by atoms with E-state index in [0.717, 1.165) is 67.0 Å². The summed E-state index contributed by atoms with van der Waals surface area (Å²) in [5.41, 5.74) is 14.6. The van der Waals surface area contributed by atoms with Gasteiger partial charge in [-0.05, 0) is 74.8 Å². The van der Waals surface area contributed by atoms with E-state index < -0.39 is 5.41 Å². The van der Waals surface area contributed by atoms with Gasteiger partial charge in [0.15, 0.2) is 28.8 Å². The second kappa shape index (κ2) is 14.6. The van der Waals surface area contributed by atoms with Crippen molar-refractivity contribution in [3.8, 4) is 79.2 Å². The third-order valence-electron chi connectivity index (χ3n) is 11.9. The van der Waals surface area contributed by atoms with E-state index in [9.17, 15) is 0 Å². The number of hydrogen-bond donors (Lipinski definition) is 0. The van der Waals surface area contributed by atoms with Crippen molar-refractivity contribution in [1.82, 2.24) is 9.97 Å². The third-order valence-corrected chi connectivity index (χ3v) is 11.9. The van der Waals surface area contributed by atoms with Crippen LogP contribution in [0.15, 0.2) is 219 Å². The number of aromatic nitrogens is 2. The fraction of sp³-hybridized carbons (Fsp3) is 0.0175. The molecule has 0 bridgehead atoms. The maximum atomic E-state index is 7.20. The number of benzene rings is 8. The molecular formula is C57H38N2O2. The van der Waals surface area contributed by atoms with Crippen LogP contribution in [0.1, 0.15) is 27.8 Å². The van der Waals surface area contributed by atoms with Crippen molar-refractivity contribution < 1.29 is 9.47 Å². The number of fused-ring (bicyclic) bond motifs is 6. The van der Waals surface area contributed by atoms with E-state index in [4.69, 9.17) is 19.4 Å². The van der Waals surface area contributed by atoms with Gasteiger partial charge in [-0.2, -0.15) is 0 Å². The summed E-state index contributed by atoms with van der Waals surface area (Å²) < 4.78 is 14.0. The fourth-order valence-corrected chi connectivity index (χ4v) is 9.12. The lowest BCUT2D eigenvalue weighted by atomic mass is 9.68. The molecule has 4 nitrogen and oxygen atoms in total. The molecule has 61 heavy (non-hydrogen) atoms. The zero-order valence-electron chi connectivity index (χ0n) is 33.3. The predicted octanol–water partition coefficient (Wildman–Crippen LogP) is 14.6. The molecule has 1 aromatic heterocycles. The van der Waals surface area contributed by atoms with Gasteiger partial charge in [0.25, 0.3) is 0 Å². The molecule has 2 aliphatic rings. The fourth-order valence-electron chi connectivity index (χ4n) is 9.12. The molecule has 9 aromatic rings. The molecule has 288 valence electrons. The van der Waals surface area contributed by atoms with Gasteiger partial charge < -0.3 is 9.47 Å². The molecule has 0 radical (unpaired) electrons. The van der Waals surface area contributed by atoms with Crippen molar-refractivity contribution >= 4 is 5.57 Å². The highest BCUT2D eigenvalue weighted by molar-refractivity contribution is 5.93. The Labute approximate surface area is 355 Å². The van der Waals surface area contributed by atoms with Crippen molar-refractivity contribution in [2.45, 2.75) is 5.41 Å². The lowest BCUT2D eigenvalue weighted by Crippen LogP contribution is -2.28. The molecule has 0 saturated heterocycles. The molecular weight excluding hydrogens is 745 g/mol. The summed E-state index contributed by atoms with van der Waals surface area (Å²) >= 11 is 0. The van der Waals surface area contributed by atoms with E-state index in [-0.39, 0.29) is 0 Å². The van der Waals surface area contributed by atoms with Gasteiger partial charge >= 0.3 is 0 Å². The standard InChI is InChI=1S/C57H38N2O2/c1-3-37(2)39-20-15-23-42(34-39)56-58-49(38-18-7-4-8-19-38)36-50(59-56)41-22-16-21-40(35-41)45-29-17-31-51-54(45)61-55-52(60-51)33-32-48-53(55)46-28-13-14-30-47(46)57(48,43-24-9-5-10-25-43)44-26-11-6-12-27-44/h3-36H,1-2H2. The molecule has 0 amide bonds. The first-order valence-electron chi connectivity index (χ1n) is 20.4. The average Bonchev–Trinajstić information content (AvgIpc) is 3.65. The van der Waals surface area contributed by atoms with Crippen LogP contribution in [0.2, 0.25) is 0 Å². The summed E-state index contributed by atoms with van der Waals surface area (Å²) in [6.45, 7) is 8.09. The minimum Gasteiger partial charge on any atom is -0.449 e. The lowest BCUT2D eigenvalue weighted by Gasteiger charge is -2.34. The first-order valence-corrected chi connectivity index (χ1v) is 20.4. The summed E-state index contributed by atoms with van der Waals surface area (Å²) in [5, 5.41) is 0. The maximum Gasteiger partial charge on any atom is 0.178 e. The Morgan fingerprint density at radius 3 is 1.80 bits per heavy atom. The van der Waals surface area contributed by atoms with Crippen LogP contribution in [0.4, 0.5) is 0 Å².